The predicted molar refractivity (Wildman–Crippen MR) is 93.2 cm³/mol. The third-order valence-electron chi connectivity index (χ3n) is 4.18. The Morgan fingerprint density at radius 1 is 0.556 bits per heavy atom. The maximum Gasteiger partial charge on any atom is 1.00 e. The summed E-state index contributed by atoms with van der Waals surface area (Å²) in [6.45, 7) is 3.63. The summed E-state index contributed by atoms with van der Waals surface area (Å²) < 4.78 is 35.1. The summed E-state index contributed by atoms with van der Waals surface area (Å²) in [5.74, 6) is 0. The van der Waals surface area contributed by atoms with Crippen molar-refractivity contribution in [2.75, 3.05) is 27.7 Å². The molecule has 162 valence electrons. The molecular formula is C19H42Cl2NNaO4. The fourth-order valence-electron chi connectivity index (χ4n) is 2.78. The zero-order chi connectivity index (χ0) is 19.6. The summed E-state index contributed by atoms with van der Waals surface area (Å²) in [4.78, 5) is 0. The average molecular weight is 442 g/mol. The molecule has 0 N–H and O–H groups in total. The minimum Gasteiger partial charge on any atom is -1.00 e. The van der Waals surface area contributed by atoms with Crippen LogP contribution in [0.15, 0.2) is 0 Å². The summed E-state index contributed by atoms with van der Waals surface area (Å²) in [5, 5.41) is 0. The molecule has 0 aliphatic heterocycles. The standard InChI is InChI=1S/C19H42N.ClHO4.ClH.Na/c1-5-6-7-8-9-10-11-12-13-14-15-16-17-18-19-20(2,3)4;2-1(3,4)5;;/h5-19H2,1-4H3;(H,2,3,4,5);1H;/q+1;;;+1/p-2. The van der Waals surface area contributed by atoms with E-state index in [1.807, 2.05) is 0 Å². The Bertz CT molecular complexity index is 269. The van der Waals surface area contributed by atoms with Crippen LogP contribution in [0.25, 0.3) is 0 Å². The molecule has 0 saturated carbocycles. The Labute approximate surface area is 198 Å². The number of hydrogen-bond donors (Lipinski definition) is 0. The molecule has 0 aromatic carbocycles. The molecule has 0 amide bonds. The molecule has 5 nitrogen and oxygen atoms in total. The van der Waals surface area contributed by atoms with Crippen LogP contribution in [0.4, 0.5) is 0 Å². The van der Waals surface area contributed by atoms with Gasteiger partial charge in [-0.1, -0.05) is 84.0 Å². The number of nitrogens with zero attached hydrogens (tertiary/aromatic N) is 1. The minimum absolute atomic E-state index is 0. The van der Waals surface area contributed by atoms with E-state index in [0.29, 0.717) is 0 Å². The van der Waals surface area contributed by atoms with Crippen molar-refractivity contribution >= 4 is 0 Å². The van der Waals surface area contributed by atoms with E-state index in [4.69, 9.17) is 18.6 Å². The van der Waals surface area contributed by atoms with Crippen molar-refractivity contribution in [3.05, 3.63) is 0 Å². The number of hydrogen-bond acceptors (Lipinski definition) is 4. The molecule has 0 unspecified atom stereocenters. The van der Waals surface area contributed by atoms with Crippen LogP contribution in [-0.2, 0) is 0 Å². The summed E-state index contributed by atoms with van der Waals surface area (Å²) in [6, 6.07) is 0. The van der Waals surface area contributed by atoms with Crippen molar-refractivity contribution < 1.29 is 75.3 Å². The number of unbranched alkanes of at least 4 members (excludes halogenated alkanes) is 13. The van der Waals surface area contributed by atoms with Gasteiger partial charge in [0.05, 0.1) is 27.7 Å². The van der Waals surface area contributed by atoms with Crippen molar-refractivity contribution in [2.45, 2.75) is 96.8 Å². The van der Waals surface area contributed by atoms with Gasteiger partial charge in [0.15, 0.2) is 0 Å². The van der Waals surface area contributed by atoms with Crippen molar-refractivity contribution in [1.82, 2.24) is 0 Å². The molecule has 0 aromatic rings. The third-order valence-corrected chi connectivity index (χ3v) is 4.18. The van der Waals surface area contributed by atoms with Crippen molar-refractivity contribution in [2.24, 2.45) is 0 Å². The molecular weight excluding hydrogens is 400 g/mol. The van der Waals surface area contributed by atoms with E-state index < -0.39 is 10.2 Å². The van der Waals surface area contributed by atoms with Crippen molar-refractivity contribution in [1.29, 1.82) is 0 Å². The van der Waals surface area contributed by atoms with Crippen LogP contribution >= 0.6 is 0 Å². The first-order chi connectivity index (χ1) is 11.6. The Kier molecular flexibility index (Phi) is 31.4. The molecule has 0 saturated heterocycles. The fraction of sp³-hybridized carbons (Fsp3) is 1.00. The van der Waals surface area contributed by atoms with Gasteiger partial charge in [0.2, 0.25) is 0 Å². The molecule has 0 aromatic heterocycles. The van der Waals surface area contributed by atoms with E-state index in [0.717, 1.165) is 4.48 Å². The molecule has 0 aliphatic rings. The Morgan fingerprint density at radius 3 is 1.00 bits per heavy atom. The molecule has 0 spiro atoms. The zero-order valence-electron chi connectivity index (χ0n) is 18.4. The summed E-state index contributed by atoms with van der Waals surface area (Å²) >= 11 is 0. The van der Waals surface area contributed by atoms with E-state index in [1.165, 1.54) is 96.4 Å². The van der Waals surface area contributed by atoms with Crippen LogP contribution in [0, 0.1) is 10.2 Å². The van der Waals surface area contributed by atoms with Gasteiger partial charge in [-0.2, -0.15) is 0 Å². The van der Waals surface area contributed by atoms with Crippen LogP contribution in [0.3, 0.4) is 0 Å². The normalized spacial score (nSPS) is 11.1. The van der Waals surface area contributed by atoms with Gasteiger partial charge in [0, 0.05) is 0 Å². The van der Waals surface area contributed by atoms with Gasteiger partial charge in [0.25, 0.3) is 0 Å². The summed E-state index contributed by atoms with van der Waals surface area (Å²) in [7, 11) is 1.94. The van der Waals surface area contributed by atoms with Gasteiger partial charge in [0.1, 0.15) is 0 Å². The monoisotopic (exact) mass is 441 g/mol. The first-order valence-corrected chi connectivity index (χ1v) is 11.2. The second-order valence-electron chi connectivity index (χ2n) is 7.99. The average Bonchev–Trinajstić information content (AvgIpc) is 2.45. The van der Waals surface area contributed by atoms with E-state index in [1.54, 1.807) is 0 Å². The summed E-state index contributed by atoms with van der Waals surface area (Å²) in [5.41, 5.74) is 0. The fourth-order valence-corrected chi connectivity index (χ4v) is 2.78. The molecule has 0 fully saturated rings. The first-order valence-electron chi connectivity index (χ1n) is 9.98. The maximum atomic E-state index is 8.49. The van der Waals surface area contributed by atoms with Crippen LogP contribution in [0.1, 0.15) is 96.8 Å². The Hall–Kier alpha value is 1.38. The minimum atomic E-state index is -4.94. The second kappa shape index (κ2) is 23.7. The van der Waals surface area contributed by atoms with Gasteiger partial charge in [-0.25, -0.2) is 18.6 Å². The SMILES string of the molecule is CCCCCCCCCCCCCCCC[N+](C)(C)C.[Cl-].[Na+].[O-][Cl+3]([O-])([O-])[O-]. The molecule has 0 radical (unpaired) electrons. The first kappa shape index (κ1) is 35.8. The number of rotatable bonds is 15. The van der Waals surface area contributed by atoms with Crippen LogP contribution in [-0.4, -0.2) is 32.2 Å². The van der Waals surface area contributed by atoms with Gasteiger partial charge >= 0.3 is 29.6 Å². The number of halogens is 2. The molecule has 0 aliphatic carbocycles. The summed E-state index contributed by atoms with van der Waals surface area (Å²) in [6.07, 6.45) is 20.4. The van der Waals surface area contributed by atoms with E-state index in [-0.39, 0.29) is 42.0 Å². The zero-order valence-corrected chi connectivity index (χ0v) is 22.0. The van der Waals surface area contributed by atoms with E-state index in [2.05, 4.69) is 28.1 Å². The van der Waals surface area contributed by atoms with Gasteiger partial charge in [-0.05, 0) is 12.8 Å². The predicted octanol–water partition coefficient (Wildman–Crippen LogP) is -4.57. The number of quaternary nitrogens is 1. The third kappa shape index (κ3) is 52.2. The molecule has 0 bridgehead atoms. The topological polar surface area (TPSA) is 92.2 Å². The largest absolute Gasteiger partial charge is 1.00 e. The van der Waals surface area contributed by atoms with Gasteiger partial charge in [-0.15, -0.1) is 10.2 Å². The molecule has 8 heteroatoms. The van der Waals surface area contributed by atoms with E-state index in [9.17, 15) is 0 Å². The van der Waals surface area contributed by atoms with Crippen molar-refractivity contribution in [3.63, 3.8) is 0 Å². The Balaban J connectivity index is -0.000000333. The smallest absolute Gasteiger partial charge is 1.00 e. The quantitative estimate of drug-likeness (QED) is 0.145. The molecule has 0 atom stereocenters. The van der Waals surface area contributed by atoms with Gasteiger partial charge < -0.3 is 16.9 Å². The van der Waals surface area contributed by atoms with Crippen molar-refractivity contribution in [3.8, 4) is 0 Å². The second-order valence-corrected chi connectivity index (χ2v) is 8.74. The van der Waals surface area contributed by atoms with E-state index >= 15 is 0 Å². The Morgan fingerprint density at radius 2 is 0.778 bits per heavy atom. The van der Waals surface area contributed by atoms with Crippen LogP contribution in [0.2, 0.25) is 0 Å². The van der Waals surface area contributed by atoms with Crippen LogP contribution in [0.5, 0.6) is 0 Å². The molecule has 0 heterocycles. The van der Waals surface area contributed by atoms with Gasteiger partial charge in [-0.3, -0.25) is 0 Å². The molecule has 27 heavy (non-hydrogen) atoms. The maximum absolute atomic E-state index is 8.49. The van der Waals surface area contributed by atoms with Crippen LogP contribution < -0.4 is 60.6 Å². The molecule has 0 rings (SSSR count).